The number of aryl methyl sites for hydroxylation is 1. The summed E-state index contributed by atoms with van der Waals surface area (Å²) >= 11 is 0. The normalized spacial score (nSPS) is 11.2. The number of nitrogen functional groups attached to an aromatic ring is 1. The zero-order valence-electron chi connectivity index (χ0n) is 9.11. The Balaban J connectivity index is 2.62. The van der Waals surface area contributed by atoms with Gasteiger partial charge >= 0.3 is 5.63 Å². The molecule has 5 heteroatoms. The second-order valence-electron chi connectivity index (χ2n) is 3.86. The molecule has 86 valence electrons. The average molecular weight is 230 g/mol. The molecule has 1 aromatic carbocycles. The van der Waals surface area contributed by atoms with Gasteiger partial charge in [0.05, 0.1) is 17.3 Å². The van der Waals surface area contributed by atoms with Crippen molar-refractivity contribution in [1.82, 2.24) is 0 Å². The molecule has 0 aliphatic carbocycles. The molecule has 0 amide bonds. The van der Waals surface area contributed by atoms with Crippen LogP contribution in [0.1, 0.15) is 5.56 Å². The van der Waals surface area contributed by atoms with Crippen LogP contribution in [0.2, 0.25) is 0 Å². The van der Waals surface area contributed by atoms with Crippen molar-refractivity contribution in [1.29, 1.82) is 0 Å². The van der Waals surface area contributed by atoms with E-state index in [1.54, 1.807) is 12.1 Å². The van der Waals surface area contributed by atoms with Crippen LogP contribution in [0.5, 0.6) is 0 Å². The Kier molecular flexibility index (Phi) is 1.96. The Hall–Kier alpha value is -2.27. The molecule has 0 radical (unpaired) electrons. The van der Waals surface area contributed by atoms with E-state index in [1.807, 2.05) is 6.92 Å². The summed E-state index contributed by atoms with van der Waals surface area (Å²) in [5, 5.41) is 1.57. The van der Waals surface area contributed by atoms with Gasteiger partial charge in [0.15, 0.2) is 5.58 Å². The summed E-state index contributed by atoms with van der Waals surface area (Å²) in [6, 6.07) is 5.01. The van der Waals surface area contributed by atoms with E-state index >= 15 is 0 Å². The highest BCUT2D eigenvalue weighted by Crippen LogP contribution is 2.32. The van der Waals surface area contributed by atoms with Crippen LogP contribution in [0.25, 0.3) is 21.9 Å². The lowest BCUT2D eigenvalue weighted by molar-refractivity contribution is 0.562. The van der Waals surface area contributed by atoms with Gasteiger partial charge in [-0.25, -0.2) is 4.79 Å². The minimum Gasteiger partial charge on any atom is -0.462 e. The van der Waals surface area contributed by atoms with Gasteiger partial charge < -0.3 is 14.3 Å². The SMILES string of the molecule is Cc1cc(=O)oc2c1cc(NN)c1occc12. The van der Waals surface area contributed by atoms with E-state index in [0.29, 0.717) is 16.9 Å². The molecule has 2 aromatic heterocycles. The summed E-state index contributed by atoms with van der Waals surface area (Å²) in [6.07, 6.45) is 1.53. The minimum atomic E-state index is -0.369. The van der Waals surface area contributed by atoms with Crippen molar-refractivity contribution in [3.05, 3.63) is 40.4 Å². The fraction of sp³-hybridized carbons (Fsp3) is 0.0833. The summed E-state index contributed by atoms with van der Waals surface area (Å²) in [5.74, 6) is 5.44. The topological polar surface area (TPSA) is 81.4 Å². The molecular weight excluding hydrogens is 220 g/mol. The monoisotopic (exact) mass is 230 g/mol. The average Bonchev–Trinajstić information content (AvgIpc) is 2.77. The van der Waals surface area contributed by atoms with Gasteiger partial charge in [-0.2, -0.15) is 0 Å². The molecule has 0 atom stereocenters. The Bertz CT molecular complexity index is 770. The van der Waals surface area contributed by atoms with Crippen molar-refractivity contribution < 1.29 is 8.83 Å². The zero-order valence-corrected chi connectivity index (χ0v) is 9.11. The molecule has 0 aliphatic rings. The van der Waals surface area contributed by atoms with Crippen LogP contribution in [0.4, 0.5) is 5.69 Å². The standard InChI is InChI=1S/C12H10N2O3/c1-6-4-10(15)17-11-7-2-3-16-12(7)9(14-13)5-8(6)11/h2-5,14H,13H2,1H3. The lowest BCUT2D eigenvalue weighted by Crippen LogP contribution is -2.07. The van der Waals surface area contributed by atoms with Crippen molar-refractivity contribution in [3.63, 3.8) is 0 Å². The second kappa shape index (κ2) is 3.36. The number of fused-ring (bicyclic) bond motifs is 3. The fourth-order valence-electron chi connectivity index (χ4n) is 2.01. The van der Waals surface area contributed by atoms with Gasteiger partial charge in [0.1, 0.15) is 5.58 Å². The molecule has 2 heterocycles. The maximum absolute atomic E-state index is 11.4. The summed E-state index contributed by atoms with van der Waals surface area (Å²) in [5.41, 5.74) is 4.82. The Morgan fingerprint density at radius 3 is 2.82 bits per heavy atom. The van der Waals surface area contributed by atoms with Crippen LogP contribution in [0.3, 0.4) is 0 Å². The number of anilines is 1. The van der Waals surface area contributed by atoms with Gasteiger partial charge in [0.25, 0.3) is 0 Å². The largest absolute Gasteiger partial charge is 0.462 e. The van der Waals surface area contributed by atoms with E-state index in [9.17, 15) is 4.79 Å². The Labute approximate surface area is 95.8 Å². The van der Waals surface area contributed by atoms with E-state index in [2.05, 4.69) is 5.43 Å². The first-order chi connectivity index (χ1) is 8.20. The third-order valence-electron chi connectivity index (χ3n) is 2.81. The molecule has 0 saturated heterocycles. The van der Waals surface area contributed by atoms with Gasteiger partial charge in [0, 0.05) is 11.5 Å². The van der Waals surface area contributed by atoms with Crippen molar-refractivity contribution in [3.8, 4) is 0 Å². The second-order valence-corrected chi connectivity index (χ2v) is 3.86. The smallest absolute Gasteiger partial charge is 0.336 e. The number of benzene rings is 1. The van der Waals surface area contributed by atoms with E-state index in [1.165, 1.54) is 12.3 Å². The molecule has 0 aliphatic heterocycles. The molecule has 17 heavy (non-hydrogen) atoms. The molecule has 0 saturated carbocycles. The van der Waals surface area contributed by atoms with Crippen molar-refractivity contribution in [2.75, 3.05) is 5.43 Å². The summed E-state index contributed by atoms with van der Waals surface area (Å²) in [4.78, 5) is 11.4. The number of furan rings is 1. The first-order valence-electron chi connectivity index (χ1n) is 5.12. The zero-order chi connectivity index (χ0) is 12.0. The Morgan fingerprint density at radius 1 is 1.24 bits per heavy atom. The highest BCUT2D eigenvalue weighted by Gasteiger charge is 2.12. The van der Waals surface area contributed by atoms with E-state index in [4.69, 9.17) is 14.7 Å². The molecular formula is C12H10N2O3. The van der Waals surface area contributed by atoms with Crippen LogP contribution < -0.4 is 16.9 Å². The van der Waals surface area contributed by atoms with Gasteiger partial charge in [-0.15, -0.1) is 0 Å². The third-order valence-corrected chi connectivity index (χ3v) is 2.81. The number of nitrogens with two attached hydrogens (primary N) is 1. The summed E-state index contributed by atoms with van der Waals surface area (Å²) in [6.45, 7) is 1.85. The van der Waals surface area contributed by atoms with Gasteiger partial charge in [-0.1, -0.05) is 0 Å². The van der Waals surface area contributed by atoms with Gasteiger partial charge in [0.2, 0.25) is 0 Å². The van der Waals surface area contributed by atoms with Crippen LogP contribution in [0, 0.1) is 6.92 Å². The van der Waals surface area contributed by atoms with Crippen molar-refractivity contribution >= 4 is 27.6 Å². The number of hydrazine groups is 1. The number of rotatable bonds is 1. The Morgan fingerprint density at radius 2 is 2.06 bits per heavy atom. The maximum Gasteiger partial charge on any atom is 0.336 e. The molecule has 0 spiro atoms. The highest BCUT2D eigenvalue weighted by atomic mass is 16.4. The summed E-state index contributed by atoms with van der Waals surface area (Å²) < 4.78 is 10.6. The van der Waals surface area contributed by atoms with E-state index in [-0.39, 0.29) is 5.63 Å². The van der Waals surface area contributed by atoms with Crippen molar-refractivity contribution in [2.24, 2.45) is 5.84 Å². The fourth-order valence-corrected chi connectivity index (χ4v) is 2.01. The van der Waals surface area contributed by atoms with Crippen molar-refractivity contribution in [2.45, 2.75) is 6.92 Å². The molecule has 0 fully saturated rings. The van der Waals surface area contributed by atoms with Crippen LogP contribution in [-0.4, -0.2) is 0 Å². The predicted molar refractivity (Wildman–Crippen MR) is 64.8 cm³/mol. The molecule has 0 bridgehead atoms. The molecule has 3 N–H and O–H groups in total. The number of nitrogens with one attached hydrogen (secondary N) is 1. The molecule has 3 aromatic rings. The number of hydrogen-bond donors (Lipinski definition) is 2. The third kappa shape index (κ3) is 1.33. The van der Waals surface area contributed by atoms with E-state index in [0.717, 1.165) is 16.3 Å². The molecule has 5 nitrogen and oxygen atoms in total. The first-order valence-corrected chi connectivity index (χ1v) is 5.12. The maximum atomic E-state index is 11.4. The first kappa shape index (κ1) is 9.92. The van der Waals surface area contributed by atoms with Gasteiger partial charge in [-0.05, 0) is 24.6 Å². The van der Waals surface area contributed by atoms with Crippen LogP contribution in [0.15, 0.2) is 38.1 Å². The highest BCUT2D eigenvalue weighted by molar-refractivity contribution is 6.08. The van der Waals surface area contributed by atoms with Crippen LogP contribution >= 0.6 is 0 Å². The summed E-state index contributed by atoms with van der Waals surface area (Å²) in [7, 11) is 0. The van der Waals surface area contributed by atoms with Gasteiger partial charge in [-0.3, -0.25) is 5.84 Å². The number of hydrogen-bond acceptors (Lipinski definition) is 5. The van der Waals surface area contributed by atoms with E-state index < -0.39 is 0 Å². The minimum absolute atomic E-state index is 0.369. The predicted octanol–water partition coefficient (Wildman–Crippen LogP) is 2.13. The molecule has 0 unspecified atom stereocenters. The molecule has 3 rings (SSSR count). The lowest BCUT2D eigenvalue weighted by atomic mass is 10.1. The quantitative estimate of drug-likeness (QED) is 0.380. The lowest BCUT2D eigenvalue weighted by Gasteiger charge is -2.05. The van der Waals surface area contributed by atoms with Crippen LogP contribution in [-0.2, 0) is 0 Å².